The maximum Gasteiger partial charge on any atom is 0.250 e. The number of nitrogens with zero attached hydrogens (tertiary/aromatic N) is 3. The average molecular weight is 340 g/mol. The van der Waals surface area contributed by atoms with E-state index >= 15 is 0 Å². The molecule has 1 saturated heterocycles. The normalized spacial score (nSPS) is 18.9. The van der Waals surface area contributed by atoms with Gasteiger partial charge in [-0.15, -0.1) is 0 Å². The summed E-state index contributed by atoms with van der Waals surface area (Å²) >= 11 is 0. The SMILES string of the molecule is CN(c1ccc(C(N)=O)cn1)C(CN1CCC(O)C1)c1ccccc1. The summed E-state index contributed by atoms with van der Waals surface area (Å²) in [6.45, 7) is 2.40. The molecule has 0 aliphatic carbocycles. The number of rotatable bonds is 6. The van der Waals surface area contributed by atoms with Crippen molar-refractivity contribution in [2.24, 2.45) is 5.73 Å². The molecule has 2 aromatic rings. The number of aliphatic hydroxyl groups excluding tert-OH is 1. The summed E-state index contributed by atoms with van der Waals surface area (Å²) in [6.07, 6.45) is 2.08. The third kappa shape index (κ3) is 4.15. The molecule has 1 aromatic carbocycles. The van der Waals surface area contributed by atoms with Crippen LogP contribution in [0.25, 0.3) is 0 Å². The summed E-state index contributed by atoms with van der Waals surface area (Å²) in [5.41, 5.74) is 6.88. The first-order valence-electron chi connectivity index (χ1n) is 8.48. The molecule has 2 unspecified atom stereocenters. The third-order valence-electron chi connectivity index (χ3n) is 4.72. The molecule has 1 amide bonds. The number of pyridine rings is 1. The molecule has 6 nitrogen and oxygen atoms in total. The number of amides is 1. The number of likely N-dealkylation sites (tertiary alicyclic amines) is 1. The minimum absolute atomic E-state index is 0.0958. The van der Waals surface area contributed by atoms with Crippen LogP contribution in [-0.4, -0.2) is 53.7 Å². The van der Waals surface area contributed by atoms with E-state index in [9.17, 15) is 9.90 Å². The van der Waals surface area contributed by atoms with Crippen LogP contribution in [0.15, 0.2) is 48.7 Å². The second-order valence-corrected chi connectivity index (χ2v) is 6.51. The van der Waals surface area contributed by atoms with Gasteiger partial charge < -0.3 is 15.7 Å². The summed E-state index contributed by atoms with van der Waals surface area (Å²) < 4.78 is 0. The number of β-amino-alcohol motifs (C(OH)–C–C–N with tert-alkyl or cyclic N) is 1. The van der Waals surface area contributed by atoms with Crippen LogP contribution in [0.5, 0.6) is 0 Å². The minimum atomic E-state index is -0.479. The molecule has 3 N–H and O–H groups in total. The minimum Gasteiger partial charge on any atom is -0.392 e. The predicted octanol–water partition coefficient (Wildman–Crippen LogP) is 1.42. The quantitative estimate of drug-likeness (QED) is 0.831. The van der Waals surface area contributed by atoms with Crippen LogP contribution < -0.4 is 10.6 Å². The number of carbonyl (C=O) groups is 1. The van der Waals surface area contributed by atoms with Crippen LogP contribution in [0.1, 0.15) is 28.4 Å². The van der Waals surface area contributed by atoms with Crippen LogP contribution in [0.2, 0.25) is 0 Å². The number of hydrogen-bond donors (Lipinski definition) is 2. The average Bonchev–Trinajstić information content (AvgIpc) is 3.05. The predicted molar refractivity (Wildman–Crippen MR) is 97.4 cm³/mol. The van der Waals surface area contributed by atoms with Crippen molar-refractivity contribution >= 4 is 11.7 Å². The first-order chi connectivity index (χ1) is 12.0. The molecule has 2 heterocycles. The molecule has 0 radical (unpaired) electrons. The number of nitrogens with two attached hydrogens (primary N) is 1. The van der Waals surface area contributed by atoms with Gasteiger partial charge in [-0.3, -0.25) is 9.69 Å². The number of aliphatic hydroxyl groups is 1. The zero-order chi connectivity index (χ0) is 17.8. The Balaban J connectivity index is 1.83. The first-order valence-corrected chi connectivity index (χ1v) is 8.48. The molecule has 1 fully saturated rings. The number of anilines is 1. The molecular weight excluding hydrogens is 316 g/mol. The van der Waals surface area contributed by atoms with Crippen molar-refractivity contribution in [1.29, 1.82) is 0 Å². The number of hydrogen-bond acceptors (Lipinski definition) is 5. The van der Waals surface area contributed by atoms with E-state index in [0.29, 0.717) is 12.1 Å². The van der Waals surface area contributed by atoms with Crippen molar-refractivity contribution in [3.63, 3.8) is 0 Å². The van der Waals surface area contributed by atoms with Gasteiger partial charge in [0.05, 0.1) is 17.7 Å². The molecule has 25 heavy (non-hydrogen) atoms. The Hall–Kier alpha value is -2.44. The van der Waals surface area contributed by atoms with E-state index in [1.165, 1.54) is 11.8 Å². The van der Waals surface area contributed by atoms with Gasteiger partial charge in [0, 0.05) is 32.9 Å². The van der Waals surface area contributed by atoms with Crippen molar-refractivity contribution in [2.75, 3.05) is 31.6 Å². The largest absolute Gasteiger partial charge is 0.392 e. The summed E-state index contributed by atoms with van der Waals surface area (Å²) in [5, 5.41) is 9.81. The maximum absolute atomic E-state index is 11.2. The van der Waals surface area contributed by atoms with Gasteiger partial charge in [-0.2, -0.15) is 0 Å². The van der Waals surface area contributed by atoms with Crippen LogP contribution in [0.4, 0.5) is 5.82 Å². The van der Waals surface area contributed by atoms with Crippen molar-refractivity contribution < 1.29 is 9.90 Å². The Morgan fingerprint density at radius 3 is 2.68 bits per heavy atom. The second-order valence-electron chi connectivity index (χ2n) is 6.51. The van der Waals surface area contributed by atoms with Gasteiger partial charge in [0.15, 0.2) is 0 Å². The molecule has 132 valence electrons. The highest BCUT2D eigenvalue weighted by atomic mass is 16.3. The zero-order valence-corrected chi connectivity index (χ0v) is 14.4. The lowest BCUT2D eigenvalue weighted by atomic mass is 10.0. The number of carbonyl (C=O) groups excluding carboxylic acids is 1. The fraction of sp³-hybridized carbons (Fsp3) is 0.368. The lowest BCUT2D eigenvalue weighted by molar-refractivity contribution is 0.1000. The van der Waals surface area contributed by atoms with Crippen molar-refractivity contribution in [2.45, 2.75) is 18.6 Å². The van der Waals surface area contributed by atoms with E-state index in [4.69, 9.17) is 5.73 Å². The van der Waals surface area contributed by atoms with Crippen molar-refractivity contribution in [3.8, 4) is 0 Å². The van der Waals surface area contributed by atoms with Gasteiger partial charge in [-0.25, -0.2) is 4.98 Å². The van der Waals surface area contributed by atoms with E-state index in [2.05, 4.69) is 26.9 Å². The summed E-state index contributed by atoms with van der Waals surface area (Å²) in [6, 6.07) is 13.9. The van der Waals surface area contributed by atoms with Crippen LogP contribution in [0.3, 0.4) is 0 Å². The monoisotopic (exact) mass is 340 g/mol. The van der Waals surface area contributed by atoms with E-state index in [-0.39, 0.29) is 12.1 Å². The topological polar surface area (TPSA) is 82.7 Å². The highest BCUT2D eigenvalue weighted by molar-refractivity contribution is 5.92. The van der Waals surface area contributed by atoms with Crippen LogP contribution in [-0.2, 0) is 0 Å². The number of likely N-dealkylation sites (N-methyl/N-ethyl adjacent to an activating group) is 1. The first kappa shape index (κ1) is 17.4. The standard InChI is InChI=1S/C19H24N4O2/c1-22(18-8-7-15(11-21-18)19(20)25)17(14-5-3-2-4-6-14)13-23-10-9-16(24)12-23/h2-8,11,16-17,24H,9-10,12-13H2,1H3,(H2,20,25). The van der Waals surface area contributed by atoms with Gasteiger partial charge >= 0.3 is 0 Å². The Kier molecular flexibility index (Phi) is 5.31. The van der Waals surface area contributed by atoms with Gasteiger partial charge in [0.2, 0.25) is 5.91 Å². The Bertz CT molecular complexity index is 705. The van der Waals surface area contributed by atoms with E-state index in [1.807, 2.05) is 31.3 Å². The fourth-order valence-electron chi connectivity index (χ4n) is 3.25. The van der Waals surface area contributed by atoms with E-state index < -0.39 is 5.91 Å². The van der Waals surface area contributed by atoms with Gasteiger partial charge in [-0.05, 0) is 24.1 Å². The number of primary amides is 1. The molecule has 3 rings (SSSR count). The van der Waals surface area contributed by atoms with Crippen molar-refractivity contribution in [3.05, 3.63) is 59.8 Å². The van der Waals surface area contributed by atoms with Gasteiger partial charge in [0.1, 0.15) is 5.82 Å². The Morgan fingerprint density at radius 1 is 1.36 bits per heavy atom. The van der Waals surface area contributed by atoms with Gasteiger partial charge in [0.25, 0.3) is 0 Å². The second kappa shape index (κ2) is 7.63. The molecule has 0 bridgehead atoms. The molecule has 0 spiro atoms. The smallest absolute Gasteiger partial charge is 0.250 e. The zero-order valence-electron chi connectivity index (χ0n) is 14.4. The molecule has 2 atom stereocenters. The molecular formula is C19H24N4O2. The maximum atomic E-state index is 11.2. The third-order valence-corrected chi connectivity index (χ3v) is 4.72. The van der Waals surface area contributed by atoms with E-state index in [0.717, 1.165) is 25.3 Å². The van der Waals surface area contributed by atoms with Gasteiger partial charge in [-0.1, -0.05) is 30.3 Å². The van der Waals surface area contributed by atoms with Crippen molar-refractivity contribution in [1.82, 2.24) is 9.88 Å². The number of aromatic nitrogens is 1. The molecule has 0 saturated carbocycles. The molecule has 1 aliphatic heterocycles. The summed E-state index contributed by atoms with van der Waals surface area (Å²) in [4.78, 5) is 20.0. The highest BCUT2D eigenvalue weighted by Gasteiger charge is 2.26. The lowest BCUT2D eigenvalue weighted by Gasteiger charge is -2.33. The fourth-order valence-corrected chi connectivity index (χ4v) is 3.25. The Morgan fingerprint density at radius 2 is 2.12 bits per heavy atom. The molecule has 1 aromatic heterocycles. The Labute approximate surface area is 147 Å². The van der Waals surface area contributed by atoms with E-state index in [1.54, 1.807) is 6.07 Å². The van der Waals surface area contributed by atoms with Crippen LogP contribution >= 0.6 is 0 Å². The molecule has 1 aliphatic rings. The number of benzene rings is 1. The summed E-state index contributed by atoms with van der Waals surface area (Å²) in [7, 11) is 2.00. The summed E-state index contributed by atoms with van der Waals surface area (Å²) in [5.74, 6) is 0.297. The highest BCUT2D eigenvalue weighted by Crippen LogP contribution is 2.26. The molecule has 6 heteroatoms. The lowest BCUT2D eigenvalue weighted by Crippen LogP contribution is -2.36. The van der Waals surface area contributed by atoms with Crippen LogP contribution in [0, 0.1) is 0 Å².